The monoisotopic (exact) mass is 310 g/mol. The molecule has 0 bridgehead atoms. The molecule has 2 aromatic rings. The van der Waals surface area contributed by atoms with Gasteiger partial charge in [-0.25, -0.2) is 0 Å². The molecule has 1 saturated heterocycles. The normalized spacial score (nSPS) is 20.5. The van der Waals surface area contributed by atoms with Gasteiger partial charge in [-0.05, 0) is 23.9 Å². The molecule has 0 radical (unpaired) electrons. The van der Waals surface area contributed by atoms with Gasteiger partial charge < -0.3 is 4.74 Å². The third-order valence-electron chi connectivity index (χ3n) is 4.01. The predicted octanol–water partition coefficient (Wildman–Crippen LogP) is 3.31. The molecule has 1 atom stereocenters. The molecule has 0 N–H and O–H groups in total. The minimum atomic E-state index is -4.31. The van der Waals surface area contributed by atoms with Crippen LogP contribution in [0.3, 0.4) is 0 Å². The van der Waals surface area contributed by atoms with Crippen LogP contribution in [-0.2, 0) is 11.3 Å². The number of nitrogens with zero attached hydrogens (tertiary/aromatic N) is 2. The smallest absolute Gasteiger partial charge is 0.366 e. The van der Waals surface area contributed by atoms with Crippen molar-refractivity contribution in [1.82, 2.24) is 9.88 Å². The predicted molar refractivity (Wildman–Crippen MR) is 77.6 cm³/mol. The zero-order valence-electron chi connectivity index (χ0n) is 12.2. The number of alkyl halides is 3. The van der Waals surface area contributed by atoms with E-state index in [-0.39, 0.29) is 13.2 Å². The number of ether oxygens (including phenoxy) is 1. The highest BCUT2D eigenvalue weighted by Gasteiger charge is 2.43. The molecule has 1 aliphatic rings. The summed E-state index contributed by atoms with van der Waals surface area (Å²) < 4.78 is 43.2. The van der Waals surface area contributed by atoms with Gasteiger partial charge in [-0.2, -0.15) is 13.2 Å². The molecule has 1 aromatic heterocycles. The lowest BCUT2D eigenvalue weighted by Gasteiger charge is -2.34. The maximum atomic E-state index is 12.8. The average molecular weight is 310 g/mol. The van der Waals surface area contributed by atoms with Crippen molar-refractivity contribution < 1.29 is 17.9 Å². The molecule has 22 heavy (non-hydrogen) atoms. The van der Waals surface area contributed by atoms with Crippen LogP contribution in [-0.4, -0.2) is 41.9 Å². The summed E-state index contributed by atoms with van der Waals surface area (Å²) in [6.07, 6.45) is -4.27. The van der Waals surface area contributed by atoms with Crippen LogP contribution < -0.4 is 0 Å². The zero-order chi connectivity index (χ0) is 15.7. The van der Waals surface area contributed by atoms with Crippen LogP contribution in [0.1, 0.15) is 11.3 Å². The molecule has 3 rings (SSSR count). The van der Waals surface area contributed by atoms with Crippen LogP contribution >= 0.6 is 0 Å². The number of fused-ring (bicyclic) bond motifs is 1. The van der Waals surface area contributed by atoms with Crippen LogP contribution in [0.25, 0.3) is 10.8 Å². The number of aryl methyl sites for hydroxylation is 1. The van der Waals surface area contributed by atoms with Crippen molar-refractivity contribution in [2.24, 2.45) is 0 Å². The summed E-state index contributed by atoms with van der Waals surface area (Å²) in [6.45, 7) is 2.91. The Kier molecular flexibility index (Phi) is 4.06. The Balaban J connectivity index is 1.83. The van der Waals surface area contributed by atoms with Gasteiger partial charge in [0.2, 0.25) is 0 Å². The van der Waals surface area contributed by atoms with Gasteiger partial charge in [-0.3, -0.25) is 9.88 Å². The van der Waals surface area contributed by atoms with Crippen molar-refractivity contribution in [2.75, 3.05) is 19.7 Å². The van der Waals surface area contributed by atoms with E-state index in [1.807, 2.05) is 31.2 Å². The molecule has 0 spiro atoms. The first-order valence-electron chi connectivity index (χ1n) is 7.19. The van der Waals surface area contributed by atoms with Crippen molar-refractivity contribution in [3.05, 3.63) is 41.7 Å². The number of benzene rings is 1. The Morgan fingerprint density at radius 1 is 1.27 bits per heavy atom. The van der Waals surface area contributed by atoms with E-state index in [2.05, 4.69) is 4.98 Å². The van der Waals surface area contributed by atoms with E-state index < -0.39 is 12.3 Å². The molecule has 1 unspecified atom stereocenters. The van der Waals surface area contributed by atoms with Crippen LogP contribution in [0.5, 0.6) is 0 Å². The van der Waals surface area contributed by atoms with Gasteiger partial charge >= 0.3 is 6.18 Å². The summed E-state index contributed by atoms with van der Waals surface area (Å²) in [5.74, 6) is 0. The molecule has 1 aromatic carbocycles. The Morgan fingerprint density at radius 2 is 2.09 bits per heavy atom. The molecule has 1 fully saturated rings. The number of aromatic nitrogens is 1. The molecule has 1 aliphatic heterocycles. The molecule has 2 heterocycles. The second-order valence-electron chi connectivity index (χ2n) is 5.54. The first-order chi connectivity index (χ1) is 10.4. The maximum Gasteiger partial charge on any atom is 0.415 e. The van der Waals surface area contributed by atoms with Crippen LogP contribution in [0.15, 0.2) is 30.5 Å². The molecule has 0 amide bonds. The number of halogens is 3. The lowest BCUT2D eigenvalue weighted by Crippen LogP contribution is -2.48. The summed E-state index contributed by atoms with van der Waals surface area (Å²) in [5, 5.41) is 2.09. The first kappa shape index (κ1) is 15.2. The van der Waals surface area contributed by atoms with E-state index in [4.69, 9.17) is 4.74 Å². The van der Waals surface area contributed by atoms with Gasteiger partial charge in [-0.15, -0.1) is 0 Å². The molecule has 3 nitrogen and oxygen atoms in total. The topological polar surface area (TPSA) is 25.4 Å². The quantitative estimate of drug-likeness (QED) is 0.851. The van der Waals surface area contributed by atoms with E-state index in [0.717, 1.165) is 22.0 Å². The summed E-state index contributed by atoms with van der Waals surface area (Å²) in [6, 6.07) is 7.78. The van der Waals surface area contributed by atoms with E-state index >= 15 is 0 Å². The maximum absolute atomic E-state index is 12.8. The van der Waals surface area contributed by atoms with Crippen molar-refractivity contribution in [3.63, 3.8) is 0 Å². The fraction of sp³-hybridized carbons (Fsp3) is 0.438. The minimum absolute atomic E-state index is 0.107. The first-order valence-corrected chi connectivity index (χ1v) is 7.19. The average Bonchev–Trinajstić information content (AvgIpc) is 2.48. The van der Waals surface area contributed by atoms with Gasteiger partial charge in [0.15, 0.2) is 6.10 Å². The third-order valence-corrected chi connectivity index (χ3v) is 4.01. The van der Waals surface area contributed by atoms with Crippen molar-refractivity contribution in [2.45, 2.75) is 25.7 Å². The Hall–Kier alpha value is -1.66. The van der Waals surface area contributed by atoms with E-state index in [9.17, 15) is 13.2 Å². The largest absolute Gasteiger partial charge is 0.415 e. The SMILES string of the molecule is Cc1nccc2c(CN3CCOC(C(F)(F)F)C3)cccc12. The molecule has 6 heteroatoms. The van der Waals surface area contributed by atoms with Crippen LogP contribution in [0.2, 0.25) is 0 Å². The lowest BCUT2D eigenvalue weighted by atomic mass is 10.0. The number of morpholine rings is 1. The molecule has 0 aliphatic carbocycles. The summed E-state index contributed by atoms with van der Waals surface area (Å²) in [5.41, 5.74) is 1.94. The summed E-state index contributed by atoms with van der Waals surface area (Å²) in [7, 11) is 0. The molecular weight excluding hydrogens is 293 g/mol. The van der Waals surface area contributed by atoms with Crippen molar-refractivity contribution in [3.8, 4) is 0 Å². The van der Waals surface area contributed by atoms with Gasteiger partial charge in [-0.1, -0.05) is 18.2 Å². The highest BCUT2D eigenvalue weighted by Crippen LogP contribution is 2.27. The van der Waals surface area contributed by atoms with Gasteiger partial charge in [0.05, 0.1) is 6.61 Å². The second-order valence-corrected chi connectivity index (χ2v) is 5.54. The standard InChI is InChI=1S/C16H17F3N2O/c1-11-13-4-2-3-12(14(13)5-6-20-11)9-21-7-8-22-15(10-21)16(17,18)19/h2-6,15H,7-10H2,1H3. The van der Waals surface area contributed by atoms with Crippen molar-refractivity contribution in [1.29, 1.82) is 0 Å². The summed E-state index contributed by atoms with van der Waals surface area (Å²) in [4.78, 5) is 6.06. The highest BCUT2D eigenvalue weighted by molar-refractivity contribution is 5.87. The van der Waals surface area contributed by atoms with Gasteiger partial charge in [0.1, 0.15) is 0 Å². The molecular formula is C16H17F3N2O. The van der Waals surface area contributed by atoms with E-state index in [1.165, 1.54) is 0 Å². The Labute approximate surface area is 126 Å². The number of hydrogen-bond acceptors (Lipinski definition) is 3. The minimum Gasteiger partial charge on any atom is -0.366 e. The lowest BCUT2D eigenvalue weighted by molar-refractivity contribution is -0.237. The number of hydrogen-bond donors (Lipinski definition) is 0. The molecule has 0 saturated carbocycles. The van der Waals surface area contributed by atoms with Gasteiger partial charge in [0.25, 0.3) is 0 Å². The third kappa shape index (κ3) is 3.08. The summed E-state index contributed by atoms with van der Waals surface area (Å²) >= 11 is 0. The fourth-order valence-corrected chi connectivity index (χ4v) is 2.84. The van der Waals surface area contributed by atoms with Gasteiger partial charge in [0, 0.05) is 36.9 Å². The van der Waals surface area contributed by atoms with E-state index in [0.29, 0.717) is 13.1 Å². The molecule has 118 valence electrons. The van der Waals surface area contributed by atoms with Crippen LogP contribution in [0.4, 0.5) is 13.2 Å². The zero-order valence-corrected chi connectivity index (χ0v) is 12.2. The Bertz CT molecular complexity index is 672. The number of rotatable bonds is 2. The van der Waals surface area contributed by atoms with E-state index in [1.54, 1.807) is 11.1 Å². The number of pyridine rings is 1. The fourth-order valence-electron chi connectivity index (χ4n) is 2.84. The van der Waals surface area contributed by atoms with Crippen molar-refractivity contribution >= 4 is 10.8 Å². The highest BCUT2D eigenvalue weighted by atomic mass is 19.4. The van der Waals surface area contributed by atoms with Crippen LogP contribution in [0, 0.1) is 6.92 Å². The second kappa shape index (κ2) is 5.85. The Morgan fingerprint density at radius 3 is 2.86 bits per heavy atom.